The first kappa shape index (κ1) is 16.6. The van der Waals surface area contributed by atoms with Crippen molar-refractivity contribution in [1.29, 1.82) is 0 Å². The molecule has 0 unspecified atom stereocenters. The van der Waals surface area contributed by atoms with Crippen LogP contribution in [-0.4, -0.2) is 36.4 Å². The third kappa shape index (κ3) is 2.93. The van der Waals surface area contributed by atoms with E-state index in [2.05, 4.69) is 14.7 Å². The number of carbonyl (C=O) groups excluding carboxylic acids is 2. The van der Waals surface area contributed by atoms with E-state index in [1.807, 2.05) is 0 Å². The Morgan fingerprint density at radius 2 is 2.04 bits per heavy atom. The first-order valence-corrected chi connectivity index (χ1v) is 6.55. The molecule has 2 rings (SSSR count). The molecule has 9 heteroatoms. The molecular weight excluding hydrogens is 329 g/mol. The maximum atomic E-state index is 14.4. The van der Waals surface area contributed by atoms with Gasteiger partial charge in [0.2, 0.25) is 0 Å². The topological polar surface area (TPSA) is 104 Å². The Balaban J connectivity index is 2.73. The Labute approximate surface area is 135 Å². The molecule has 0 fully saturated rings. The minimum Gasteiger partial charge on any atom is -0.492 e. The number of aldehydes is 1. The van der Waals surface area contributed by atoms with Crippen molar-refractivity contribution in [3.8, 4) is 17.1 Å². The number of esters is 1. The molecule has 0 aliphatic rings. The normalized spacial score (nSPS) is 10.3. The number of rotatable bonds is 4. The van der Waals surface area contributed by atoms with Crippen LogP contribution in [0.3, 0.4) is 0 Å². The molecule has 0 saturated heterocycles. The van der Waals surface area contributed by atoms with Crippen LogP contribution in [0, 0.1) is 5.82 Å². The second kappa shape index (κ2) is 6.57. The second-order valence-electron chi connectivity index (χ2n) is 4.25. The predicted octanol–water partition coefficient (Wildman–Crippen LogP) is 2.13. The van der Waals surface area contributed by atoms with Gasteiger partial charge < -0.3 is 15.2 Å². The number of halogens is 2. The van der Waals surface area contributed by atoms with Crippen LogP contribution in [0.2, 0.25) is 5.02 Å². The van der Waals surface area contributed by atoms with Crippen molar-refractivity contribution in [3.63, 3.8) is 0 Å². The fourth-order valence-corrected chi connectivity index (χ4v) is 2.09. The van der Waals surface area contributed by atoms with Crippen molar-refractivity contribution >= 4 is 29.7 Å². The molecule has 0 aliphatic carbocycles. The molecule has 23 heavy (non-hydrogen) atoms. The Kier molecular flexibility index (Phi) is 4.75. The van der Waals surface area contributed by atoms with Crippen LogP contribution >= 0.6 is 11.6 Å². The molecule has 0 amide bonds. The van der Waals surface area contributed by atoms with E-state index in [1.165, 1.54) is 19.2 Å². The zero-order valence-electron chi connectivity index (χ0n) is 12.1. The van der Waals surface area contributed by atoms with Crippen LogP contribution in [0.4, 0.5) is 10.2 Å². The summed E-state index contributed by atoms with van der Waals surface area (Å²) in [4.78, 5) is 30.5. The highest BCUT2D eigenvalue weighted by atomic mass is 35.5. The second-order valence-corrected chi connectivity index (χ2v) is 4.65. The lowest BCUT2D eigenvalue weighted by Crippen LogP contribution is -2.14. The van der Waals surface area contributed by atoms with Gasteiger partial charge in [0, 0.05) is 0 Å². The van der Waals surface area contributed by atoms with E-state index in [1.54, 1.807) is 0 Å². The van der Waals surface area contributed by atoms with Crippen LogP contribution < -0.4 is 10.5 Å². The number of carbonyl (C=O) groups is 2. The van der Waals surface area contributed by atoms with Crippen LogP contribution in [0.15, 0.2) is 12.1 Å². The lowest BCUT2D eigenvalue weighted by molar-refractivity contribution is 0.0591. The number of nitrogen functional groups attached to an aromatic ring is 1. The van der Waals surface area contributed by atoms with Gasteiger partial charge in [-0.05, 0) is 12.1 Å². The van der Waals surface area contributed by atoms with Crippen molar-refractivity contribution in [3.05, 3.63) is 34.2 Å². The Morgan fingerprint density at radius 1 is 1.35 bits per heavy atom. The molecule has 0 radical (unpaired) electrons. The number of nitrogens with zero attached hydrogens (tertiary/aromatic N) is 2. The van der Waals surface area contributed by atoms with Crippen molar-refractivity contribution in [2.75, 3.05) is 20.0 Å². The van der Waals surface area contributed by atoms with E-state index >= 15 is 0 Å². The maximum Gasteiger partial charge on any atom is 0.357 e. The molecule has 0 aliphatic heterocycles. The standard InChI is InChI=1S/C14H11ClFN3O4/c1-22-11-8(15)4-3-6(9(11)16)13-18-10(14(21)23-2)7(5-20)12(17)19-13/h3-5H,1-2H3,(H2,17,18,19). The zero-order valence-corrected chi connectivity index (χ0v) is 12.8. The van der Waals surface area contributed by atoms with Crippen molar-refractivity contribution in [2.45, 2.75) is 0 Å². The maximum absolute atomic E-state index is 14.4. The summed E-state index contributed by atoms with van der Waals surface area (Å²) in [5.74, 6) is -2.41. The van der Waals surface area contributed by atoms with E-state index in [0.717, 1.165) is 7.11 Å². The average Bonchev–Trinajstić information content (AvgIpc) is 2.53. The summed E-state index contributed by atoms with van der Waals surface area (Å²) < 4.78 is 23.8. The van der Waals surface area contributed by atoms with E-state index in [4.69, 9.17) is 22.1 Å². The quantitative estimate of drug-likeness (QED) is 0.672. The lowest BCUT2D eigenvalue weighted by Gasteiger charge is -2.11. The highest BCUT2D eigenvalue weighted by Gasteiger charge is 2.22. The summed E-state index contributed by atoms with van der Waals surface area (Å²) in [5, 5.41) is 0.0550. The Bertz CT molecular complexity index is 798. The fraction of sp³-hybridized carbons (Fsp3) is 0.143. The summed E-state index contributed by atoms with van der Waals surface area (Å²) in [6, 6.07) is 2.68. The molecule has 2 aromatic rings. The van der Waals surface area contributed by atoms with Crippen LogP contribution in [0.25, 0.3) is 11.4 Å². The third-order valence-electron chi connectivity index (χ3n) is 2.97. The summed E-state index contributed by atoms with van der Waals surface area (Å²) in [6.45, 7) is 0. The molecule has 1 heterocycles. The Morgan fingerprint density at radius 3 is 2.61 bits per heavy atom. The Hall–Kier alpha value is -2.74. The number of ether oxygens (including phenoxy) is 2. The zero-order chi connectivity index (χ0) is 17.1. The van der Waals surface area contributed by atoms with Crippen LogP contribution in [0.5, 0.6) is 5.75 Å². The number of hydrogen-bond acceptors (Lipinski definition) is 7. The molecule has 0 atom stereocenters. The molecule has 0 spiro atoms. The lowest BCUT2D eigenvalue weighted by atomic mass is 10.1. The number of methoxy groups -OCH3 is 2. The molecule has 1 aromatic heterocycles. The van der Waals surface area contributed by atoms with Gasteiger partial charge in [0.25, 0.3) is 0 Å². The van der Waals surface area contributed by atoms with Gasteiger partial charge in [-0.3, -0.25) is 4.79 Å². The van der Waals surface area contributed by atoms with E-state index < -0.39 is 11.8 Å². The first-order chi connectivity index (χ1) is 10.9. The predicted molar refractivity (Wildman–Crippen MR) is 80.1 cm³/mol. The number of benzene rings is 1. The smallest absolute Gasteiger partial charge is 0.357 e. The average molecular weight is 340 g/mol. The van der Waals surface area contributed by atoms with Crippen molar-refractivity contribution in [1.82, 2.24) is 9.97 Å². The molecule has 1 aromatic carbocycles. The summed E-state index contributed by atoms with van der Waals surface area (Å²) >= 11 is 5.82. The van der Waals surface area contributed by atoms with Gasteiger partial charge in [-0.2, -0.15) is 0 Å². The van der Waals surface area contributed by atoms with Gasteiger partial charge in [-0.25, -0.2) is 19.2 Å². The highest BCUT2D eigenvalue weighted by Crippen LogP contribution is 2.34. The molecule has 0 bridgehead atoms. The van der Waals surface area contributed by atoms with Gasteiger partial charge in [-0.1, -0.05) is 11.6 Å². The monoisotopic (exact) mass is 339 g/mol. The molecule has 7 nitrogen and oxygen atoms in total. The van der Waals surface area contributed by atoms with Gasteiger partial charge in [-0.15, -0.1) is 0 Å². The van der Waals surface area contributed by atoms with Gasteiger partial charge >= 0.3 is 5.97 Å². The van der Waals surface area contributed by atoms with Crippen molar-refractivity contribution in [2.24, 2.45) is 0 Å². The van der Waals surface area contributed by atoms with Gasteiger partial charge in [0.05, 0.1) is 30.4 Å². The van der Waals surface area contributed by atoms with E-state index in [0.29, 0.717) is 6.29 Å². The molecule has 120 valence electrons. The van der Waals surface area contributed by atoms with Crippen LogP contribution in [0.1, 0.15) is 20.8 Å². The number of hydrogen-bond donors (Lipinski definition) is 1. The summed E-state index contributed by atoms with van der Waals surface area (Å²) in [5.41, 5.74) is 4.95. The summed E-state index contributed by atoms with van der Waals surface area (Å²) in [7, 11) is 2.36. The van der Waals surface area contributed by atoms with Crippen molar-refractivity contribution < 1.29 is 23.5 Å². The number of anilines is 1. The highest BCUT2D eigenvalue weighted by molar-refractivity contribution is 6.32. The number of nitrogens with two attached hydrogens (primary N) is 1. The number of aromatic nitrogens is 2. The first-order valence-electron chi connectivity index (χ1n) is 6.17. The minimum atomic E-state index is -0.899. The molecule has 2 N–H and O–H groups in total. The van der Waals surface area contributed by atoms with Crippen LogP contribution in [-0.2, 0) is 4.74 Å². The molecule has 0 saturated carbocycles. The van der Waals surface area contributed by atoms with Gasteiger partial charge in [0.1, 0.15) is 5.82 Å². The van der Waals surface area contributed by atoms with E-state index in [9.17, 15) is 14.0 Å². The fourth-order valence-electron chi connectivity index (χ4n) is 1.87. The SMILES string of the molecule is COC(=O)c1nc(-c2ccc(Cl)c(OC)c2F)nc(N)c1C=O. The largest absolute Gasteiger partial charge is 0.492 e. The minimum absolute atomic E-state index is 0.0550. The molecular formula is C14H11ClFN3O4. The third-order valence-corrected chi connectivity index (χ3v) is 3.26. The summed E-state index contributed by atoms with van der Waals surface area (Å²) in [6.07, 6.45) is 0.324. The van der Waals surface area contributed by atoms with Gasteiger partial charge in [0.15, 0.2) is 29.4 Å². The van der Waals surface area contributed by atoms with E-state index in [-0.39, 0.29) is 39.2 Å².